The van der Waals surface area contributed by atoms with Gasteiger partial charge in [0.1, 0.15) is 43.2 Å². The molecule has 0 aromatic heterocycles. The number of carbonyl (C=O) groups is 2. The van der Waals surface area contributed by atoms with Crippen molar-refractivity contribution in [1.82, 2.24) is 0 Å². The standard InChI is InChI=1S/C47H81O14P/c1-3-5-7-9-11-13-15-17-18-20-22-24-26-28-30-34-40(49)58-36-39(37-59-62(56,57)61-47-45(54)43(52)42(51)44(53)46(47)55)60-41(50)35-31-33-38(48)32-29-27-25-23-21-19-16-14-12-10-8-6-4-2/h6,8,12,14,19,21,25,27,29,32,38-39,42-48,51-55H,3-5,7,9-11,13,15-18,20,22-24,26,28,30-31,33-37H2,1-2H3,(H,56,57)/b8-6-,14-12-,21-19-,27-25-,32-29+. The molecule has 0 amide bonds. The highest BCUT2D eigenvalue weighted by Crippen LogP contribution is 2.47. The molecule has 7 N–H and O–H groups in total. The molecule has 0 bridgehead atoms. The number of carbonyl (C=O) groups excluding carboxylic acids is 2. The van der Waals surface area contributed by atoms with Crippen molar-refractivity contribution in [3.8, 4) is 0 Å². The molecule has 0 aliphatic heterocycles. The van der Waals surface area contributed by atoms with Gasteiger partial charge in [-0.3, -0.25) is 18.6 Å². The number of allylic oxidation sites excluding steroid dienone is 9. The number of ether oxygens (including phenoxy) is 2. The zero-order valence-electron chi connectivity index (χ0n) is 37.5. The van der Waals surface area contributed by atoms with Crippen LogP contribution in [0.15, 0.2) is 60.8 Å². The van der Waals surface area contributed by atoms with Gasteiger partial charge in [-0.25, -0.2) is 4.57 Å². The van der Waals surface area contributed by atoms with Crippen LogP contribution in [0.2, 0.25) is 0 Å². The second-order valence-electron chi connectivity index (χ2n) is 16.1. The van der Waals surface area contributed by atoms with E-state index >= 15 is 0 Å². The second-order valence-corrected chi connectivity index (χ2v) is 17.5. The van der Waals surface area contributed by atoms with E-state index in [1.165, 1.54) is 64.2 Å². The van der Waals surface area contributed by atoms with Gasteiger partial charge in [0, 0.05) is 12.8 Å². The minimum Gasteiger partial charge on any atom is -0.462 e. The molecule has 1 aliphatic carbocycles. The zero-order valence-corrected chi connectivity index (χ0v) is 38.4. The van der Waals surface area contributed by atoms with Crippen molar-refractivity contribution >= 4 is 19.8 Å². The highest BCUT2D eigenvalue weighted by Gasteiger charge is 2.51. The van der Waals surface area contributed by atoms with E-state index in [-0.39, 0.29) is 25.7 Å². The molecule has 1 aliphatic rings. The smallest absolute Gasteiger partial charge is 0.462 e. The summed E-state index contributed by atoms with van der Waals surface area (Å²) in [5.41, 5.74) is 0. The molecular formula is C47H81O14P. The van der Waals surface area contributed by atoms with E-state index in [1.54, 1.807) is 12.2 Å². The number of unbranched alkanes of at least 4 members (excludes halogenated alkanes) is 14. The van der Waals surface area contributed by atoms with Crippen LogP contribution in [0, 0.1) is 0 Å². The summed E-state index contributed by atoms with van der Waals surface area (Å²) >= 11 is 0. The van der Waals surface area contributed by atoms with Crippen LogP contribution in [0.3, 0.4) is 0 Å². The van der Waals surface area contributed by atoms with Crippen LogP contribution in [-0.4, -0.2) is 110 Å². The molecule has 7 unspecified atom stereocenters. The fourth-order valence-corrected chi connectivity index (χ4v) is 7.70. The van der Waals surface area contributed by atoms with Crippen LogP contribution in [0.5, 0.6) is 0 Å². The van der Waals surface area contributed by atoms with E-state index in [9.17, 15) is 49.7 Å². The minimum absolute atomic E-state index is 0.127. The lowest BCUT2D eigenvalue weighted by Crippen LogP contribution is -2.64. The van der Waals surface area contributed by atoms with Gasteiger partial charge in [0.15, 0.2) is 6.10 Å². The quantitative estimate of drug-likeness (QED) is 0.0103. The van der Waals surface area contributed by atoms with Crippen LogP contribution >= 0.6 is 7.82 Å². The number of rotatable bonds is 37. The monoisotopic (exact) mass is 901 g/mol. The molecule has 15 heteroatoms. The van der Waals surface area contributed by atoms with Gasteiger partial charge in [0.05, 0.1) is 12.7 Å². The van der Waals surface area contributed by atoms with E-state index in [4.69, 9.17) is 18.5 Å². The molecule has 358 valence electrons. The highest BCUT2D eigenvalue weighted by atomic mass is 31.2. The van der Waals surface area contributed by atoms with E-state index in [0.29, 0.717) is 6.42 Å². The van der Waals surface area contributed by atoms with Crippen LogP contribution in [0.1, 0.15) is 162 Å². The van der Waals surface area contributed by atoms with Crippen molar-refractivity contribution < 1.29 is 68.2 Å². The molecule has 0 heterocycles. The average molecular weight is 901 g/mol. The number of phosphoric ester groups is 1. The molecule has 1 fully saturated rings. The van der Waals surface area contributed by atoms with E-state index < -0.39 is 81.8 Å². The molecule has 1 saturated carbocycles. The van der Waals surface area contributed by atoms with E-state index in [0.717, 1.165) is 51.4 Å². The summed E-state index contributed by atoms with van der Waals surface area (Å²) in [4.78, 5) is 35.7. The Bertz CT molecular complexity index is 1330. The Kier molecular flexibility index (Phi) is 34.2. The molecule has 14 nitrogen and oxygen atoms in total. The number of aliphatic hydroxyl groups excluding tert-OH is 6. The first-order chi connectivity index (χ1) is 29.8. The topological polar surface area (TPSA) is 230 Å². The van der Waals surface area contributed by atoms with Crippen LogP contribution < -0.4 is 0 Å². The molecule has 0 aromatic carbocycles. The van der Waals surface area contributed by atoms with Crippen LogP contribution in [0.4, 0.5) is 0 Å². The van der Waals surface area contributed by atoms with Crippen molar-refractivity contribution in [2.24, 2.45) is 0 Å². The maximum Gasteiger partial charge on any atom is 0.472 e. The lowest BCUT2D eigenvalue weighted by molar-refractivity contribution is -0.220. The number of hydrogen-bond acceptors (Lipinski definition) is 13. The summed E-state index contributed by atoms with van der Waals surface area (Å²) in [6.45, 7) is 3.02. The summed E-state index contributed by atoms with van der Waals surface area (Å²) in [6.07, 6.45) is 27.2. The Hall–Kier alpha value is -2.49. The predicted octanol–water partition coefficient (Wildman–Crippen LogP) is 7.92. The number of phosphoric acid groups is 1. The molecule has 0 aromatic rings. The third-order valence-electron chi connectivity index (χ3n) is 10.5. The van der Waals surface area contributed by atoms with Gasteiger partial charge in [0.2, 0.25) is 0 Å². The molecule has 0 spiro atoms. The Balaban J connectivity index is 2.55. The third kappa shape index (κ3) is 29.1. The Labute approximate surface area is 371 Å². The van der Waals surface area contributed by atoms with Gasteiger partial charge in [-0.1, -0.05) is 164 Å². The van der Waals surface area contributed by atoms with Crippen molar-refractivity contribution in [2.45, 2.75) is 210 Å². The number of hydrogen-bond donors (Lipinski definition) is 7. The normalized spacial score (nSPS) is 22.9. The van der Waals surface area contributed by atoms with Crippen molar-refractivity contribution in [2.75, 3.05) is 13.2 Å². The summed E-state index contributed by atoms with van der Waals surface area (Å²) < 4.78 is 33.4. The largest absolute Gasteiger partial charge is 0.472 e. The van der Waals surface area contributed by atoms with Crippen molar-refractivity contribution in [3.05, 3.63) is 60.8 Å². The van der Waals surface area contributed by atoms with Crippen LogP contribution in [-0.2, 0) is 32.7 Å². The molecular weight excluding hydrogens is 819 g/mol. The minimum atomic E-state index is -5.17. The van der Waals surface area contributed by atoms with Gasteiger partial charge in [-0.2, -0.15) is 0 Å². The summed E-state index contributed by atoms with van der Waals surface area (Å²) in [5, 5.41) is 60.5. The zero-order chi connectivity index (χ0) is 45.9. The van der Waals surface area contributed by atoms with Gasteiger partial charge in [-0.05, 0) is 44.9 Å². The molecule has 7 atom stereocenters. The number of esters is 2. The van der Waals surface area contributed by atoms with Crippen molar-refractivity contribution in [3.63, 3.8) is 0 Å². The number of aliphatic hydroxyl groups is 6. The SMILES string of the molecule is CC/C=C\C/C=C\C/C=C\C/C=C\C=C\C(O)CCCC(=O)OC(COC(=O)CCCCCCCCCCCCCCCCC)COP(=O)(O)OC1C(O)C(O)C(O)C(O)C1O. The van der Waals surface area contributed by atoms with Gasteiger partial charge in [0.25, 0.3) is 0 Å². The van der Waals surface area contributed by atoms with E-state index in [2.05, 4.69) is 50.3 Å². The van der Waals surface area contributed by atoms with E-state index in [1.807, 2.05) is 12.2 Å². The first-order valence-electron chi connectivity index (χ1n) is 23.2. The van der Waals surface area contributed by atoms with Crippen molar-refractivity contribution in [1.29, 1.82) is 0 Å². The second kappa shape index (κ2) is 36.8. The first kappa shape index (κ1) is 57.5. The van der Waals surface area contributed by atoms with Gasteiger partial charge >= 0.3 is 19.8 Å². The third-order valence-corrected chi connectivity index (χ3v) is 11.5. The fourth-order valence-electron chi connectivity index (χ4n) is 6.73. The fraction of sp³-hybridized carbons (Fsp3) is 0.745. The maximum atomic E-state index is 12.8. The molecule has 0 radical (unpaired) electrons. The lowest BCUT2D eigenvalue weighted by atomic mass is 9.85. The molecule has 62 heavy (non-hydrogen) atoms. The lowest BCUT2D eigenvalue weighted by Gasteiger charge is -2.41. The highest BCUT2D eigenvalue weighted by molar-refractivity contribution is 7.47. The maximum absolute atomic E-state index is 12.8. The van der Waals surface area contributed by atoms with Gasteiger partial charge < -0.3 is 45.0 Å². The van der Waals surface area contributed by atoms with Gasteiger partial charge in [-0.15, -0.1) is 0 Å². The van der Waals surface area contributed by atoms with Crippen LogP contribution in [0.25, 0.3) is 0 Å². The summed E-state index contributed by atoms with van der Waals surface area (Å²) in [7, 11) is -5.17. The summed E-state index contributed by atoms with van der Waals surface area (Å²) in [5.74, 6) is -1.30. The first-order valence-corrected chi connectivity index (χ1v) is 24.7. The average Bonchev–Trinajstić information content (AvgIpc) is 3.25. The Morgan fingerprint density at radius 2 is 1.05 bits per heavy atom. The Morgan fingerprint density at radius 1 is 0.581 bits per heavy atom. The summed E-state index contributed by atoms with van der Waals surface area (Å²) in [6, 6.07) is 0. The predicted molar refractivity (Wildman–Crippen MR) is 241 cm³/mol. The Morgan fingerprint density at radius 3 is 1.58 bits per heavy atom. The molecule has 1 rings (SSSR count). The molecule has 0 saturated heterocycles.